The van der Waals surface area contributed by atoms with Gasteiger partial charge in [0.05, 0.1) is 11.9 Å². The minimum absolute atomic E-state index is 0.195. The van der Waals surface area contributed by atoms with Crippen molar-refractivity contribution >= 4 is 6.29 Å². The zero-order chi connectivity index (χ0) is 7.33. The Hall–Kier alpha value is -0.790. The summed E-state index contributed by atoms with van der Waals surface area (Å²) in [5.74, 6) is 0. The molecular weight excluding hydrogens is 116 g/mol. The summed E-state index contributed by atoms with van der Waals surface area (Å²) in [6, 6.07) is 0. The second kappa shape index (κ2) is 3.28. The molecule has 0 saturated heterocycles. The third kappa shape index (κ3) is 7.21. The van der Waals surface area contributed by atoms with Gasteiger partial charge in [0, 0.05) is 6.08 Å². The van der Waals surface area contributed by atoms with Crippen LogP contribution < -0.4 is 0 Å². The van der Waals surface area contributed by atoms with Crippen LogP contribution >= 0.6 is 0 Å². The first-order valence-electron chi connectivity index (χ1n) is 2.84. The maximum Gasteiger partial charge on any atom is 0.145 e. The number of allylic oxidation sites excluding steroid dienone is 1. The summed E-state index contributed by atoms with van der Waals surface area (Å²) >= 11 is 0. The Bertz CT molecular complexity index is 109. The van der Waals surface area contributed by atoms with Gasteiger partial charge in [-0.2, -0.15) is 0 Å². The van der Waals surface area contributed by atoms with Gasteiger partial charge >= 0.3 is 0 Å². The molecule has 0 amide bonds. The predicted molar refractivity (Wildman–Crippen MR) is 36.0 cm³/mol. The van der Waals surface area contributed by atoms with Crippen LogP contribution in [0.25, 0.3) is 0 Å². The smallest absolute Gasteiger partial charge is 0.145 e. The summed E-state index contributed by atoms with van der Waals surface area (Å²) in [6.45, 7) is 5.76. The van der Waals surface area contributed by atoms with Crippen LogP contribution in [0.4, 0.5) is 0 Å². The fraction of sp³-hybridized carbons (Fsp3) is 0.571. The Balaban J connectivity index is 3.50. The van der Waals surface area contributed by atoms with Gasteiger partial charge in [0.2, 0.25) is 0 Å². The van der Waals surface area contributed by atoms with E-state index in [1.54, 1.807) is 0 Å². The van der Waals surface area contributed by atoms with E-state index in [-0.39, 0.29) is 5.60 Å². The second-order valence-corrected chi connectivity index (χ2v) is 2.69. The van der Waals surface area contributed by atoms with Crippen LogP contribution in [-0.4, -0.2) is 11.9 Å². The lowest BCUT2D eigenvalue weighted by molar-refractivity contribution is -0.104. The highest BCUT2D eigenvalue weighted by Gasteiger charge is 2.06. The van der Waals surface area contributed by atoms with E-state index in [1.165, 1.54) is 12.3 Å². The molecule has 9 heavy (non-hydrogen) atoms. The third-order valence-corrected chi connectivity index (χ3v) is 0.579. The van der Waals surface area contributed by atoms with Crippen LogP contribution in [0.15, 0.2) is 12.3 Å². The van der Waals surface area contributed by atoms with Crippen LogP contribution in [-0.2, 0) is 9.53 Å². The molecule has 0 spiro atoms. The zero-order valence-corrected chi connectivity index (χ0v) is 6.05. The monoisotopic (exact) mass is 128 g/mol. The Morgan fingerprint density at radius 2 is 1.89 bits per heavy atom. The molecule has 0 aromatic rings. The zero-order valence-electron chi connectivity index (χ0n) is 6.05. The van der Waals surface area contributed by atoms with Crippen LogP contribution in [0.3, 0.4) is 0 Å². The van der Waals surface area contributed by atoms with E-state index in [4.69, 9.17) is 4.74 Å². The van der Waals surface area contributed by atoms with Crippen molar-refractivity contribution in [2.45, 2.75) is 26.4 Å². The molecule has 0 aromatic heterocycles. The van der Waals surface area contributed by atoms with E-state index in [0.717, 1.165) is 0 Å². The minimum atomic E-state index is -0.195. The molecule has 0 aliphatic rings. The SMILES string of the molecule is CC(C)(C)OC=CC=O. The lowest BCUT2D eigenvalue weighted by Gasteiger charge is -2.16. The van der Waals surface area contributed by atoms with Crippen molar-refractivity contribution in [3.8, 4) is 0 Å². The number of hydrogen-bond acceptors (Lipinski definition) is 2. The number of rotatable bonds is 2. The molecule has 0 unspecified atom stereocenters. The number of ether oxygens (including phenoxy) is 1. The maximum absolute atomic E-state index is 9.72. The summed E-state index contributed by atoms with van der Waals surface area (Å²) in [4.78, 5) is 9.72. The highest BCUT2D eigenvalue weighted by molar-refractivity contribution is 5.64. The molecule has 0 aliphatic carbocycles. The lowest BCUT2D eigenvalue weighted by atomic mass is 10.2. The Morgan fingerprint density at radius 1 is 1.33 bits per heavy atom. The maximum atomic E-state index is 9.72. The number of aldehydes is 1. The van der Waals surface area contributed by atoms with Crippen molar-refractivity contribution < 1.29 is 9.53 Å². The normalized spacial score (nSPS) is 11.9. The number of carbonyl (C=O) groups is 1. The fourth-order valence-electron chi connectivity index (χ4n) is 0.275. The molecule has 0 aromatic carbocycles. The topological polar surface area (TPSA) is 26.3 Å². The van der Waals surface area contributed by atoms with Crippen molar-refractivity contribution in [1.82, 2.24) is 0 Å². The van der Waals surface area contributed by atoms with E-state index in [9.17, 15) is 4.79 Å². The van der Waals surface area contributed by atoms with Crippen molar-refractivity contribution in [3.63, 3.8) is 0 Å². The van der Waals surface area contributed by atoms with E-state index in [2.05, 4.69) is 0 Å². The molecule has 0 saturated carbocycles. The van der Waals surface area contributed by atoms with Gasteiger partial charge in [0.15, 0.2) is 0 Å². The molecule has 2 nitrogen and oxygen atoms in total. The highest BCUT2D eigenvalue weighted by Crippen LogP contribution is 2.05. The van der Waals surface area contributed by atoms with Crippen LogP contribution in [0, 0.1) is 0 Å². The largest absolute Gasteiger partial charge is 0.496 e. The summed E-state index contributed by atoms with van der Waals surface area (Å²) < 4.78 is 5.06. The van der Waals surface area contributed by atoms with Gasteiger partial charge in [-0.25, -0.2) is 0 Å². The van der Waals surface area contributed by atoms with E-state index < -0.39 is 0 Å². The molecule has 0 fully saturated rings. The van der Waals surface area contributed by atoms with Gasteiger partial charge in [-0.1, -0.05) is 0 Å². The van der Waals surface area contributed by atoms with Gasteiger partial charge in [0.25, 0.3) is 0 Å². The molecule has 0 rings (SSSR count). The summed E-state index contributed by atoms with van der Waals surface area (Å²) in [6.07, 6.45) is 3.41. The lowest BCUT2D eigenvalue weighted by Crippen LogP contribution is -2.15. The molecule has 0 heterocycles. The van der Waals surface area contributed by atoms with Gasteiger partial charge in [-0.15, -0.1) is 0 Å². The molecule has 2 heteroatoms. The molecule has 0 aliphatic heterocycles. The molecule has 0 bridgehead atoms. The van der Waals surface area contributed by atoms with E-state index >= 15 is 0 Å². The predicted octanol–water partition coefficient (Wildman–Crippen LogP) is 1.51. The van der Waals surface area contributed by atoms with Gasteiger partial charge in [-0.3, -0.25) is 4.79 Å². The average Bonchev–Trinajstić information content (AvgIpc) is 1.63. The molecule has 0 radical (unpaired) electrons. The minimum Gasteiger partial charge on any atom is -0.496 e. The van der Waals surface area contributed by atoms with Crippen molar-refractivity contribution in [3.05, 3.63) is 12.3 Å². The quantitative estimate of drug-likeness (QED) is 0.320. The van der Waals surface area contributed by atoms with E-state index in [1.807, 2.05) is 20.8 Å². The average molecular weight is 128 g/mol. The fourth-order valence-corrected chi connectivity index (χ4v) is 0.275. The molecule has 52 valence electrons. The standard InChI is InChI=1S/C7H12O2/c1-7(2,3)9-6-4-5-8/h4-6H,1-3H3. The summed E-state index contributed by atoms with van der Waals surface area (Å²) in [5.41, 5.74) is -0.195. The molecular formula is C7H12O2. The first kappa shape index (κ1) is 8.21. The first-order chi connectivity index (χ1) is 4.06. The van der Waals surface area contributed by atoms with Crippen LogP contribution in [0.1, 0.15) is 20.8 Å². The Labute approximate surface area is 55.5 Å². The number of carbonyl (C=O) groups excluding carboxylic acids is 1. The van der Waals surface area contributed by atoms with Crippen LogP contribution in [0.2, 0.25) is 0 Å². The molecule has 0 N–H and O–H groups in total. The first-order valence-corrected chi connectivity index (χ1v) is 2.84. The Kier molecular flexibility index (Phi) is 2.99. The van der Waals surface area contributed by atoms with Gasteiger partial charge < -0.3 is 4.74 Å². The summed E-state index contributed by atoms with van der Waals surface area (Å²) in [5, 5.41) is 0. The van der Waals surface area contributed by atoms with Gasteiger partial charge in [-0.05, 0) is 20.8 Å². The number of hydrogen-bond donors (Lipinski definition) is 0. The van der Waals surface area contributed by atoms with Crippen molar-refractivity contribution in [2.24, 2.45) is 0 Å². The van der Waals surface area contributed by atoms with Crippen LogP contribution in [0.5, 0.6) is 0 Å². The van der Waals surface area contributed by atoms with Crippen molar-refractivity contribution in [1.29, 1.82) is 0 Å². The van der Waals surface area contributed by atoms with Crippen molar-refractivity contribution in [2.75, 3.05) is 0 Å². The third-order valence-electron chi connectivity index (χ3n) is 0.579. The second-order valence-electron chi connectivity index (χ2n) is 2.69. The van der Waals surface area contributed by atoms with Gasteiger partial charge in [0.1, 0.15) is 6.29 Å². The van der Waals surface area contributed by atoms with E-state index in [0.29, 0.717) is 6.29 Å². The Morgan fingerprint density at radius 3 is 2.22 bits per heavy atom. The highest BCUT2D eigenvalue weighted by atomic mass is 16.5. The summed E-state index contributed by atoms with van der Waals surface area (Å²) in [7, 11) is 0. The molecule has 0 atom stereocenters.